The fourth-order valence-corrected chi connectivity index (χ4v) is 3.67. The van der Waals surface area contributed by atoms with Gasteiger partial charge in [-0.2, -0.15) is 13.2 Å². The molecule has 3 rings (SSSR count). The van der Waals surface area contributed by atoms with Crippen LogP contribution < -0.4 is 16.2 Å². The Kier molecular flexibility index (Phi) is 8.08. The molecule has 184 valence electrons. The Labute approximate surface area is 201 Å². The third-order valence-electron chi connectivity index (χ3n) is 5.67. The molecule has 1 unspecified atom stereocenters. The lowest BCUT2D eigenvalue weighted by Gasteiger charge is -2.29. The van der Waals surface area contributed by atoms with Gasteiger partial charge in [-0.15, -0.1) is 0 Å². The van der Waals surface area contributed by atoms with E-state index >= 15 is 0 Å². The van der Waals surface area contributed by atoms with Gasteiger partial charge < -0.3 is 10.2 Å². The average Bonchev–Trinajstić information content (AvgIpc) is 2.84. The maximum atomic E-state index is 13.0. The number of carbonyl (C=O) groups excluding carboxylic acids is 2. The Balaban J connectivity index is 1.92. The first-order valence-electron chi connectivity index (χ1n) is 10.8. The number of nitrogens with zero attached hydrogens (tertiary/aromatic N) is 3. The lowest BCUT2D eigenvalue weighted by atomic mass is 9.96. The number of pyridine rings is 1. The molecule has 7 nitrogen and oxygen atoms in total. The summed E-state index contributed by atoms with van der Waals surface area (Å²) in [5, 5.41) is 4.04. The van der Waals surface area contributed by atoms with Gasteiger partial charge in [0.2, 0.25) is 12.3 Å². The molecule has 3 N–H and O–H groups in total. The smallest absolute Gasteiger partial charge is 0.350 e. The van der Waals surface area contributed by atoms with Crippen LogP contribution in [0.2, 0.25) is 0 Å². The number of rotatable bonds is 8. The molecule has 2 aromatic rings. The van der Waals surface area contributed by atoms with E-state index in [1.165, 1.54) is 29.0 Å². The highest BCUT2D eigenvalue weighted by Gasteiger charge is 2.30. The number of aromatic nitrogens is 1. The van der Waals surface area contributed by atoms with E-state index in [0.29, 0.717) is 36.3 Å². The fraction of sp³-hybridized carbons (Fsp3) is 0.240. The summed E-state index contributed by atoms with van der Waals surface area (Å²) in [6, 6.07) is 7.76. The van der Waals surface area contributed by atoms with E-state index in [-0.39, 0.29) is 11.9 Å². The molecule has 0 bridgehead atoms. The maximum absolute atomic E-state index is 13.0. The minimum Gasteiger partial charge on any atom is -0.350 e. The number of nitrogens with two attached hydrogens (primary N) is 1. The van der Waals surface area contributed by atoms with Crippen LogP contribution in [0, 0.1) is 0 Å². The Morgan fingerprint density at radius 3 is 2.43 bits per heavy atom. The first kappa shape index (κ1) is 25.7. The number of halogens is 3. The van der Waals surface area contributed by atoms with Gasteiger partial charge >= 0.3 is 6.18 Å². The number of likely N-dealkylation sites (N-methyl/N-ethyl adjacent to an activating group) is 1. The van der Waals surface area contributed by atoms with Gasteiger partial charge in [-0.25, -0.2) is 5.84 Å². The Bertz CT molecular complexity index is 1140. The van der Waals surface area contributed by atoms with Crippen LogP contribution in [-0.4, -0.2) is 35.3 Å². The van der Waals surface area contributed by atoms with E-state index in [4.69, 9.17) is 5.84 Å². The summed E-state index contributed by atoms with van der Waals surface area (Å²) < 4.78 is 38.9. The molecule has 0 spiro atoms. The molecule has 10 heteroatoms. The average molecular weight is 486 g/mol. The molecular weight excluding hydrogens is 459 g/mol. The number of hydrogen-bond donors (Lipinski definition) is 2. The van der Waals surface area contributed by atoms with Crippen LogP contribution in [-0.2, 0) is 15.8 Å². The van der Waals surface area contributed by atoms with Crippen molar-refractivity contribution >= 4 is 23.7 Å². The predicted molar refractivity (Wildman–Crippen MR) is 127 cm³/mol. The molecule has 0 fully saturated rings. The van der Waals surface area contributed by atoms with Crippen molar-refractivity contribution in [1.29, 1.82) is 0 Å². The summed E-state index contributed by atoms with van der Waals surface area (Å²) in [5.41, 5.74) is 2.46. The summed E-state index contributed by atoms with van der Waals surface area (Å²) in [6.45, 7) is 1.44. The van der Waals surface area contributed by atoms with Gasteiger partial charge in [0.15, 0.2) is 0 Å². The number of hydrogen-bond acceptors (Lipinski definition) is 5. The van der Waals surface area contributed by atoms with Crippen LogP contribution >= 0.6 is 0 Å². The van der Waals surface area contributed by atoms with E-state index in [1.54, 1.807) is 31.6 Å². The van der Waals surface area contributed by atoms with Gasteiger partial charge in [-0.3, -0.25) is 19.6 Å². The summed E-state index contributed by atoms with van der Waals surface area (Å²) >= 11 is 0. The Morgan fingerprint density at radius 1 is 1.20 bits per heavy atom. The summed E-state index contributed by atoms with van der Waals surface area (Å²) in [6.07, 6.45) is 5.93. The van der Waals surface area contributed by atoms with Crippen molar-refractivity contribution in [2.24, 2.45) is 5.84 Å². The summed E-state index contributed by atoms with van der Waals surface area (Å²) in [5.74, 6) is 6.18. The third-order valence-corrected chi connectivity index (χ3v) is 5.67. The van der Waals surface area contributed by atoms with Gasteiger partial charge in [0, 0.05) is 37.6 Å². The largest absolute Gasteiger partial charge is 0.416 e. The van der Waals surface area contributed by atoms with Crippen LogP contribution in [0.15, 0.2) is 78.3 Å². The number of allylic oxidation sites excluding steroid dienone is 3. The first-order chi connectivity index (χ1) is 16.6. The van der Waals surface area contributed by atoms with Crippen LogP contribution in [0.5, 0.6) is 0 Å². The van der Waals surface area contributed by atoms with Gasteiger partial charge in [-0.05, 0) is 60.9 Å². The van der Waals surface area contributed by atoms with E-state index in [0.717, 1.165) is 23.3 Å². The number of carbonyl (C=O) groups is 2. The minimum absolute atomic E-state index is 0.168. The van der Waals surface area contributed by atoms with Gasteiger partial charge in [-0.1, -0.05) is 12.2 Å². The number of nitrogens with one attached hydrogen (secondary N) is 1. The Morgan fingerprint density at radius 2 is 1.86 bits per heavy atom. The minimum atomic E-state index is -4.44. The van der Waals surface area contributed by atoms with Crippen molar-refractivity contribution in [2.45, 2.75) is 32.0 Å². The van der Waals surface area contributed by atoms with Crippen LogP contribution in [0.4, 0.5) is 18.9 Å². The second kappa shape index (κ2) is 11.0. The molecule has 1 aromatic carbocycles. The third kappa shape index (κ3) is 6.36. The standard InChI is InChI=1S/C25H26F3N5O2/c1-17(35)32(2)24-15-18(3-9-22(24)31-16-34)4-10-23(19-11-13-30-14-12-19)33(29)21-7-5-20(6-8-21)25(26,27)28/h3,5-8,10-16,22H,4,9,29H2,1-2H3,(H,31,34)/b23-10-. The molecular formula is C25H26F3N5O2. The molecule has 1 heterocycles. The molecule has 1 aliphatic rings. The zero-order valence-electron chi connectivity index (χ0n) is 19.3. The monoisotopic (exact) mass is 485 g/mol. The number of alkyl halides is 3. The number of benzene rings is 1. The number of hydrazine groups is 1. The van der Waals surface area contributed by atoms with E-state index < -0.39 is 11.7 Å². The first-order valence-corrected chi connectivity index (χ1v) is 10.8. The second-order valence-electron chi connectivity index (χ2n) is 7.94. The quantitative estimate of drug-likeness (QED) is 0.335. The molecule has 2 amide bonds. The highest BCUT2D eigenvalue weighted by atomic mass is 19.4. The lowest BCUT2D eigenvalue weighted by Crippen LogP contribution is -2.39. The van der Waals surface area contributed by atoms with Crippen molar-refractivity contribution in [3.63, 3.8) is 0 Å². The maximum Gasteiger partial charge on any atom is 0.416 e. The van der Waals surface area contributed by atoms with Crippen LogP contribution in [0.3, 0.4) is 0 Å². The van der Waals surface area contributed by atoms with E-state index in [2.05, 4.69) is 10.3 Å². The van der Waals surface area contributed by atoms with Crippen molar-refractivity contribution in [3.05, 3.63) is 89.4 Å². The molecule has 1 aromatic heterocycles. The van der Waals surface area contributed by atoms with Gasteiger partial charge in [0.05, 0.1) is 23.0 Å². The van der Waals surface area contributed by atoms with Crippen LogP contribution in [0.25, 0.3) is 5.70 Å². The molecule has 1 atom stereocenters. The zero-order valence-corrected chi connectivity index (χ0v) is 19.3. The van der Waals surface area contributed by atoms with E-state index in [9.17, 15) is 22.8 Å². The topological polar surface area (TPSA) is 91.6 Å². The van der Waals surface area contributed by atoms with Crippen LogP contribution in [0.1, 0.15) is 30.9 Å². The van der Waals surface area contributed by atoms with E-state index in [1.807, 2.05) is 18.2 Å². The highest BCUT2D eigenvalue weighted by Crippen LogP contribution is 2.32. The number of anilines is 1. The normalized spacial score (nSPS) is 16.2. The second-order valence-corrected chi connectivity index (χ2v) is 7.94. The molecule has 1 aliphatic carbocycles. The van der Waals surface area contributed by atoms with Gasteiger partial charge in [0.1, 0.15) is 0 Å². The lowest BCUT2D eigenvalue weighted by molar-refractivity contribution is -0.137. The fourth-order valence-electron chi connectivity index (χ4n) is 3.67. The summed E-state index contributed by atoms with van der Waals surface area (Å²) in [4.78, 5) is 28.4. The Hall–Kier alpha value is -3.92. The van der Waals surface area contributed by atoms with Gasteiger partial charge in [0.25, 0.3) is 0 Å². The molecule has 0 aliphatic heterocycles. The van der Waals surface area contributed by atoms with Crippen molar-refractivity contribution in [3.8, 4) is 0 Å². The highest BCUT2D eigenvalue weighted by molar-refractivity contribution is 5.78. The SMILES string of the molecule is CC(=O)N(C)C1=CC(C/C=C(/c2ccncc2)N(N)c2ccc(C(F)(F)F)cc2)=CCC1NC=O. The zero-order chi connectivity index (χ0) is 25.6. The molecule has 35 heavy (non-hydrogen) atoms. The molecule has 0 saturated heterocycles. The van der Waals surface area contributed by atoms with Crippen molar-refractivity contribution in [1.82, 2.24) is 15.2 Å². The number of amides is 2. The van der Waals surface area contributed by atoms with Crippen molar-refractivity contribution in [2.75, 3.05) is 12.1 Å². The van der Waals surface area contributed by atoms with Crippen molar-refractivity contribution < 1.29 is 22.8 Å². The predicted octanol–water partition coefficient (Wildman–Crippen LogP) is 4.02. The summed E-state index contributed by atoms with van der Waals surface area (Å²) in [7, 11) is 1.64. The molecule has 0 saturated carbocycles. The molecule has 0 radical (unpaired) electrons.